The van der Waals surface area contributed by atoms with Crippen LogP contribution in [0.15, 0.2) is 0 Å². The van der Waals surface area contributed by atoms with Crippen molar-refractivity contribution in [1.29, 1.82) is 0 Å². The molecule has 2 unspecified atom stereocenters. The second-order valence-corrected chi connectivity index (χ2v) is 5.01. The van der Waals surface area contributed by atoms with Crippen LogP contribution in [-0.2, 0) is 9.59 Å². The van der Waals surface area contributed by atoms with Crippen molar-refractivity contribution in [2.24, 2.45) is 5.41 Å². The molecule has 0 aromatic carbocycles. The Balaban J connectivity index is 4.29. The number of hydrogen-bond acceptors (Lipinski definition) is 4. The van der Waals surface area contributed by atoms with E-state index < -0.39 is 29.6 Å². The van der Waals surface area contributed by atoms with Crippen LogP contribution in [0.1, 0.15) is 52.4 Å². The van der Waals surface area contributed by atoms with E-state index in [9.17, 15) is 24.9 Å². The number of carbonyl (C=O) groups is 2. The lowest BCUT2D eigenvalue weighted by atomic mass is 9.74. The fourth-order valence-corrected chi connectivity index (χ4v) is 2.28. The van der Waals surface area contributed by atoms with Crippen LogP contribution < -0.4 is 0 Å². The van der Waals surface area contributed by atoms with Crippen molar-refractivity contribution < 1.29 is 30.0 Å². The van der Waals surface area contributed by atoms with E-state index in [0.717, 1.165) is 0 Å². The molecule has 6 nitrogen and oxygen atoms in total. The van der Waals surface area contributed by atoms with Crippen molar-refractivity contribution in [3.05, 3.63) is 0 Å². The van der Waals surface area contributed by atoms with Crippen LogP contribution in [0.4, 0.5) is 0 Å². The average Bonchev–Trinajstić information content (AvgIpc) is 2.26. The molecule has 0 bridgehead atoms. The average molecular weight is 276 g/mol. The largest absolute Gasteiger partial charge is 0.481 e. The fraction of sp³-hybridized carbons (Fsp3) is 0.846. The highest BCUT2D eigenvalue weighted by molar-refractivity contribution is 5.76. The summed E-state index contributed by atoms with van der Waals surface area (Å²) in [4.78, 5) is 21.6. The molecule has 0 heterocycles. The molecule has 0 aliphatic heterocycles. The van der Waals surface area contributed by atoms with Gasteiger partial charge in [-0.15, -0.1) is 0 Å². The highest BCUT2D eigenvalue weighted by Crippen LogP contribution is 2.34. The van der Waals surface area contributed by atoms with Gasteiger partial charge in [0.05, 0.1) is 12.2 Å². The van der Waals surface area contributed by atoms with Gasteiger partial charge < -0.3 is 20.4 Å². The Hall–Kier alpha value is -1.14. The highest BCUT2D eigenvalue weighted by Gasteiger charge is 2.47. The van der Waals surface area contributed by atoms with Gasteiger partial charge in [-0.25, -0.2) is 0 Å². The van der Waals surface area contributed by atoms with Crippen LogP contribution in [-0.4, -0.2) is 44.6 Å². The first-order valence-electron chi connectivity index (χ1n) is 6.56. The Kier molecular flexibility index (Phi) is 7.63. The van der Waals surface area contributed by atoms with E-state index in [4.69, 9.17) is 5.11 Å². The number of aliphatic hydroxyl groups excluding tert-OH is 2. The molecule has 4 N–H and O–H groups in total. The molecule has 112 valence electrons. The van der Waals surface area contributed by atoms with Crippen LogP contribution >= 0.6 is 0 Å². The summed E-state index contributed by atoms with van der Waals surface area (Å²) in [6.07, 6.45) is 0.443. The summed E-state index contributed by atoms with van der Waals surface area (Å²) in [5.74, 6) is -2.05. The third-order valence-electron chi connectivity index (χ3n) is 3.62. The minimum absolute atomic E-state index is 0.108. The molecule has 6 heteroatoms. The Morgan fingerprint density at radius 1 is 0.947 bits per heavy atom. The molecular weight excluding hydrogens is 252 g/mol. The molecule has 0 fully saturated rings. The summed E-state index contributed by atoms with van der Waals surface area (Å²) in [5, 5.41) is 37.0. The molecule has 19 heavy (non-hydrogen) atoms. The highest BCUT2D eigenvalue weighted by atomic mass is 16.4. The Morgan fingerprint density at radius 3 is 1.79 bits per heavy atom. The van der Waals surface area contributed by atoms with Gasteiger partial charge in [0.25, 0.3) is 0 Å². The summed E-state index contributed by atoms with van der Waals surface area (Å²) in [6, 6.07) is 0. The molecule has 0 aliphatic rings. The quantitative estimate of drug-likeness (QED) is 0.446. The maximum absolute atomic E-state index is 11.3. The number of aliphatic carboxylic acids is 2. The molecule has 0 saturated carbocycles. The molecule has 0 amide bonds. The smallest absolute Gasteiger partial charge is 0.314 e. The minimum atomic E-state index is -1.55. The summed E-state index contributed by atoms with van der Waals surface area (Å²) in [6.45, 7) is 2.73. The second-order valence-electron chi connectivity index (χ2n) is 5.01. The van der Waals surface area contributed by atoms with Gasteiger partial charge in [-0.1, -0.05) is 19.3 Å². The normalized spacial score (nSPS) is 17.5. The van der Waals surface area contributed by atoms with Crippen molar-refractivity contribution in [1.82, 2.24) is 0 Å². The van der Waals surface area contributed by atoms with Gasteiger partial charge in [0, 0.05) is 6.42 Å². The van der Waals surface area contributed by atoms with Gasteiger partial charge in [-0.2, -0.15) is 0 Å². The molecule has 0 radical (unpaired) electrons. The van der Waals surface area contributed by atoms with Crippen molar-refractivity contribution in [2.45, 2.75) is 64.6 Å². The summed E-state index contributed by atoms with van der Waals surface area (Å²) >= 11 is 0. The molecule has 0 saturated heterocycles. The van der Waals surface area contributed by atoms with Crippen LogP contribution in [0, 0.1) is 5.41 Å². The predicted octanol–water partition coefficient (Wildman–Crippen LogP) is 1.24. The lowest BCUT2D eigenvalue weighted by Gasteiger charge is -2.35. The van der Waals surface area contributed by atoms with E-state index >= 15 is 0 Å². The maximum atomic E-state index is 11.3. The Bertz CT molecular complexity index is 290. The van der Waals surface area contributed by atoms with Gasteiger partial charge in [-0.3, -0.25) is 9.59 Å². The van der Waals surface area contributed by atoms with E-state index in [1.807, 2.05) is 0 Å². The fourth-order valence-electron chi connectivity index (χ4n) is 2.28. The van der Waals surface area contributed by atoms with Crippen molar-refractivity contribution in [3.63, 3.8) is 0 Å². The molecule has 0 aromatic rings. The zero-order valence-electron chi connectivity index (χ0n) is 11.5. The van der Waals surface area contributed by atoms with E-state index in [-0.39, 0.29) is 12.8 Å². The van der Waals surface area contributed by atoms with E-state index in [1.54, 1.807) is 0 Å². The Labute approximate surface area is 113 Å². The third kappa shape index (κ3) is 5.16. The SMILES string of the molecule is CC(O)C(CCCCCCC(=O)O)(C(=O)O)C(C)O. The summed E-state index contributed by atoms with van der Waals surface area (Å²) < 4.78 is 0. The third-order valence-corrected chi connectivity index (χ3v) is 3.62. The Morgan fingerprint density at radius 2 is 1.42 bits per heavy atom. The molecule has 0 spiro atoms. The van der Waals surface area contributed by atoms with Crippen molar-refractivity contribution >= 4 is 11.9 Å². The van der Waals surface area contributed by atoms with Crippen molar-refractivity contribution in [3.8, 4) is 0 Å². The van der Waals surface area contributed by atoms with Crippen LogP contribution in [0.5, 0.6) is 0 Å². The number of carboxylic acids is 2. The van der Waals surface area contributed by atoms with Gasteiger partial charge in [0.15, 0.2) is 0 Å². The lowest BCUT2D eigenvalue weighted by molar-refractivity contribution is -0.167. The van der Waals surface area contributed by atoms with Crippen molar-refractivity contribution in [2.75, 3.05) is 0 Å². The van der Waals surface area contributed by atoms with Crippen LogP contribution in [0.3, 0.4) is 0 Å². The molecular formula is C13H24O6. The topological polar surface area (TPSA) is 115 Å². The number of hydrogen-bond donors (Lipinski definition) is 4. The standard InChI is InChI=1S/C13H24O6/c1-9(14)13(10(2)15,12(18)19)8-6-4-3-5-7-11(16)17/h9-10,14-15H,3-8H2,1-2H3,(H,16,17)(H,18,19). The maximum Gasteiger partial charge on any atom is 0.314 e. The predicted molar refractivity (Wildman–Crippen MR) is 68.8 cm³/mol. The molecule has 0 aliphatic carbocycles. The first-order chi connectivity index (χ1) is 8.75. The lowest BCUT2D eigenvalue weighted by Crippen LogP contribution is -2.49. The van der Waals surface area contributed by atoms with Crippen LogP contribution in [0.25, 0.3) is 0 Å². The minimum Gasteiger partial charge on any atom is -0.481 e. The molecule has 0 rings (SSSR count). The summed E-state index contributed by atoms with van der Waals surface area (Å²) in [7, 11) is 0. The van der Waals surface area contributed by atoms with E-state index in [1.165, 1.54) is 13.8 Å². The van der Waals surface area contributed by atoms with Gasteiger partial charge in [0.2, 0.25) is 0 Å². The van der Waals surface area contributed by atoms with Gasteiger partial charge >= 0.3 is 11.9 Å². The zero-order valence-corrected chi connectivity index (χ0v) is 11.5. The molecule has 0 aromatic heterocycles. The van der Waals surface area contributed by atoms with Gasteiger partial charge in [-0.05, 0) is 26.7 Å². The number of aliphatic hydroxyl groups is 2. The zero-order chi connectivity index (χ0) is 15.1. The number of carboxylic acid groups (broad SMARTS) is 2. The number of rotatable bonds is 10. The molecule has 2 atom stereocenters. The first kappa shape index (κ1) is 17.9. The van der Waals surface area contributed by atoms with Crippen LogP contribution in [0.2, 0.25) is 0 Å². The second kappa shape index (κ2) is 8.12. The monoisotopic (exact) mass is 276 g/mol. The number of unbranched alkanes of at least 4 members (excludes halogenated alkanes) is 3. The first-order valence-corrected chi connectivity index (χ1v) is 6.56. The summed E-state index contributed by atoms with van der Waals surface area (Å²) in [5.41, 5.74) is -1.55. The van der Waals surface area contributed by atoms with Gasteiger partial charge in [0.1, 0.15) is 5.41 Å². The van der Waals surface area contributed by atoms with E-state index in [0.29, 0.717) is 25.7 Å². The van der Waals surface area contributed by atoms with E-state index in [2.05, 4.69) is 0 Å².